The number of hydrogen-bond donors (Lipinski definition) is 2. The number of amides is 1. The van der Waals surface area contributed by atoms with Crippen molar-refractivity contribution in [2.24, 2.45) is 5.73 Å². The first-order chi connectivity index (χ1) is 5.24. The number of rotatable bonds is 2. The summed E-state index contributed by atoms with van der Waals surface area (Å²) < 4.78 is 0. The Morgan fingerprint density at radius 3 is 2.91 bits per heavy atom. The summed E-state index contributed by atoms with van der Waals surface area (Å²) >= 11 is 0. The molecule has 0 aromatic heterocycles. The Hall–Kier alpha value is -1.25. The second kappa shape index (κ2) is 3.23. The summed E-state index contributed by atoms with van der Waals surface area (Å²) in [7, 11) is 0. The van der Waals surface area contributed by atoms with E-state index in [9.17, 15) is 4.79 Å². The van der Waals surface area contributed by atoms with Crippen molar-refractivity contribution in [3.05, 3.63) is 23.9 Å². The molecule has 0 saturated carbocycles. The molecule has 1 aliphatic rings. The van der Waals surface area contributed by atoms with Crippen LogP contribution < -0.4 is 11.1 Å². The molecule has 11 heavy (non-hydrogen) atoms. The lowest BCUT2D eigenvalue weighted by molar-refractivity contribution is -0.114. The van der Waals surface area contributed by atoms with Crippen LogP contribution in [0.1, 0.15) is 13.3 Å². The smallest absolute Gasteiger partial charge is 0.250 e. The summed E-state index contributed by atoms with van der Waals surface area (Å²) in [4.78, 5) is 10.6. The van der Waals surface area contributed by atoms with Crippen molar-refractivity contribution in [1.29, 1.82) is 0 Å². The highest BCUT2D eigenvalue weighted by atomic mass is 16.1. The molecule has 0 aromatic rings. The summed E-state index contributed by atoms with van der Waals surface area (Å²) in [6, 6.07) is 0.345. The number of primary amides is 1. The van der Waals surface area contributed by atoms with E-state index in [1.54, 1.807) is 12.3 Å². The second-order valence-corrected chi connectivity index (χ2v) is 2.50. The van der Waals surface area contributed by atoms with Crippen LogP contribution in [-0.4, -0.2) is 11.9 Å². The molecule has 3 heteroatoms. The van der Waals surface area contributed by atoms with Gasteiger partial charge in [0, 0.05) is 12.2 Å². The Balaban J connectivity index is 2.60. The molecular formula is C8H12N2O. The highest BCUT2D eigenvalue weighted by Crippen LogP contribution is 2.04. The summed E-state index contributed by atoms with van der Waals surface area (Å²) in [5.74, 6) is -0.386. The van der Waals surface area contributed by atoms with Gasteiger partial charge in [0.1, 0.15) is 0 Å². The zero-order chi connectivity index (χ0) is 8.27. The molecule has 0 spiro atoms. The second-order valence-electron chi connectivity index (χ2n) is 2.50. The maximum atomic E-state index is 10.6. The number of nitrogens with one attached hydrogen (secondary N) is 1. The minimum absolute atomic E-state index is 0.345. The Bertz CT molecular complexity index is 218. The average molecular weight is 152 g/mol. The third-order valence-electron chi connectivity index (χ3n) is 1.69. The molecule has 1 unspecified atom stereocenters. The van der Waals surface area contributed by atoms with Gasteiger partial charge in [0.15, 0.2) is 0 Å². The minimum atomic E-state index is -0.386. The fourth-order valence-electron chi connectivity index (χ4n) is 0.928. The van der Waals surface area contributed by atoms with E-state index < -0.39 is 0 Å². The van der Waals surface area contributed by atoms with E-state index in [4.69, 9.17) is 5.73 Å². The third kappa shape index (κ3) is 1.83. The van der Waals surface area contributed by atoms with Crippen LogP contribution in [0.2, 0.25) is 0 Å². The van der Waals surface area contributed by atoms with E-state index in [2.05, 4.69) is 12.2 Å². The normalized spacial score (nSPS) is 22.3. The van der Waals surface area contributed by atoms with Crippen molar-refractivity contribution in [2.75, 3.05) is 0 Å². The van der Waals surface area contributed by atoms with Crippen molar-refractivity contribution in [2.45, 2.75) is 19.4 Å². The molecule has 1 aliphatic heterocycles. The van der Waals surface area contributed by atoms with Crippen molar-refractivity contribution < 1.29 is 4.79 Å². The SMILES string of the molecule is CCC1C=CC(C(N)=O)=CN1. The lowest BCUT2D eigenvalue weighted by Gasteiger charge is -2.15. The molecule has 1 rings (SSSR count). The largest absolute Gasteiger partial charge is 0.384 e. The lowest BCUT2D eigenvalue weighted by Crippen LogP contribution is -2.27. The van der Waals surface area contributed by atoms with Crippen LogP contribution in [0, 0.1) is 0 Å². The maximum absolute atomic E-state index is 10.6. The number of nitrogens with two attached hydrogens (primary N) is 1. The summed E-state index contributed by atoms with van der Waals surface area (Å²) in [5, 5.41) is 3.05. The Morgan fingerprint density at radius 1 is 1.82 bits per heavy atom. The average Bonchev–Trinajstić information content (AvgIpc) is 2.05. The predicted octanol–water partition coefficient (Wildman–Crippen LogP) is 0.294. The van der Waals surface area contributed by atoms with Crippen molar-refractivity contribution in [3.8, 4) is 0 Å². The molecule has 0 fully saturated rings. The van der Waals surface area contributed by atoms with Crippen LogP contribution in [0.25, 0.3) is 0 Å². The van der Waals surface area contributed by atoms with Crippen LogP contribution in [0.15, 0.2) is 23.9 Å². The predicted molar refractivity (Wildman–Crippen MR) is 43.6 cm³/mol. The monoisotopic (exact) mass is 152 g/mol. The van der Waals surface area contributed by atoms with E-state index in [-0.39, 0.29) is 5.91 Å². The minimum Gasteiger partial charge on any atom is -0.384 e. The van der Waals surface area contributed by atoms with Crippen LogP contribution >= 0.6 is 0 Å². The topological polar surface area (TPSA) is 55.1 Å². The summed E-state index contributed by atoms with van der Waals surface area (Å²) in [6.45, 7) is 2.07. The molecule has 3 N–H and O–H groups in total. The van der Waals surface area contributed by atoms with Gasteiger partial charge in [0.05, 0.1) is 5.57 Å². The summed E-state index contributed by atoms with van der Waals surface area (Å²) in [5.41, 5.74) is 5.59. The van der Waals surface area contributed by atoms with Crippen LogP contribution in [0.3, 0.4) is 0 Å². The molecule has 1 heterocycles. The molecule has 0 aromatic carbocycles. The Kier molecular flexibility index (Phi) is 2.31. The van der Waals surface area contributed by atoms with Gasteiger partial charge in [-0.3, -0.25) is 4.79 Å². The zero-order valence-corrected chi connectivity index (χ0v) is 6.50. The van der Waals surface area contributed by atoms with Gasteiger partial charge >= 0.3 is 0 Å². The highest BCUT2D eigenvalue weighted by molar-refractivity contribution is 5.94. The van der Waals surface area contributed by atoms with Crippen molar-refractivity contribution in [1.82, 2.24) is 5.32 Å². The first-order valence-corrected chi connectivity index (χ1v) is 3.68. The molecule has 3 nitrogen and oxygen atoms in total. The van der Waals surface area contributed by atoms with Gasteiger partial charge in [0.25, 0.3) is 0 Å². The van der Waals surface area contributed by atoms with Gasteiger partial charge in [-0.25, -0.2) is 0 Å². The molecular weight excluding hydrogens is 140 g/mol. The van der Waals surface area contributed by atoms with E-state index in [0.717, 1.165) is 6.42 Å². The highest BCUT2D eigenvalue weighted by Gasteiger charge is 2.07. The number of hydrogen-bond acceptors (Lipinski definition) is 2. The van der Waals surface area contributed by atoms with E-state index in [1.165, 1.54) is 0 Å². The first kappa shape index (κ1) is 7.85. The maximum Gasteiger partial charge on any atom is 0.250 e. The van der Waals surface area contributed by atoms with Gasteiger partial charge in [-0.1, -0.05) is 13.0 Å². The van der Waals surface area contributed by atoms with Gasteiger partial charge in [0.2, 0.25) is 5.91 Å². The lowest BCUT2D eigenvalue weighted by atomic mass is 10.1. The first-order valence-electron chi connectivity index (χ1n) is 3.68. The molecule has 60 valence electrons. The Morgan fingerprint density at radius 2 is 2.55 bits per heavy atom. The fourth-order valence-corrected chi connectivity index (χ4v) is 0.928. The van der Waals surface area contributed by atoms with E-state index >= 15 is 0 Å². The van der Waals surface area contributed by atoms with Gasteiger partial charge in [-0.15, -0.1) is 0 Å². The van der Waals surface area contributed by atoms with Gasteiger partial charge in [-0.2, -0.15) is 0 Å². The number of carbonyl (C=O) groups is 1. The van der Waals surface area contributed by atoms with Gasteiger partial charge < -0.3 is 11.1 Å². The van der Waals surface area contributed by atoms with Crippen molar-refractivity contribution >= 4 is 5.91 Å². The Labute approximate surface area is 66.0 Å². The van der Waals surface area contributed by atoms with Crippen molar-refractivity contribution in [3.63, 3.8) is 0 Å². The van der Waals surface area contributed by atoms with Crippen LogP contribution in [0.5, 0.6) is 0 Å². The van der Waals surface area contributed by atoms with E-state index in [0.29, 0.717) is 11.6 Å². The fraction of sp³-hybridized carbons (Fsp3) is 0.375. The standard InChI is InChI=1S/C8H12N2O/c1-2-7-4-3-6(5-10-7)8(9)11/h3-5,7,10H,2H2,1H3,(H2,9,11). The van der Waals surface area contributed by atoms with Gasteiger partial charge in [-0.05, 0) is 12.5 Å². The zero-order valence-electron chi connectivity index (χ0n) is 6.50. The molecule has 0 bridgehead atoms. The molecule has 1 amide bonds. The van der Waals surface area contributed by atoms with Crippen LogP contribution in [-0.2, 0) is 4.79 Å². The van der Waals surface area contributed by atoms with Crippen LogP contribution in [0.4, 0.5) is 0 Å². The van der Waals surface area contributed by atoms with E-state index in [1.807, 2.05) is 6.08 Å². The summed E-state index contributed by atoms with van der Waals surface area (Å²) in [6.07, 6.45) is 6.38. The molecule has 0 aliphatic carbocycles. The quantitative estimate of drug-likeness (QED) is 0.597. The third-order valence-corrected chi connectivity index (χ3v) is 1.69. The molecule has 0 saturated heterocycles. The molecule has 0 radical (unpaired) electrons. The molecule has 1 atom stereocenters. The number of dihydropyridines is 1. The number of carbonyl (C=O) groups excluding carboxylic acids is 1.